The van der Waals surface area contributed by atoms with Crippen LogP contribution in [0.3, 0.4) is 0 Å². The predicted octanol–water partition coefficient (Wildman–Crippen LogP) is 4.10. The van der Waals surface area contributed by atoms with E-state index >= 15 is 0 Å². The number of para-hydroxylation sites is 1. The van der Waals surface area contributed by atoms with Crippen LogP contribution in [0.25, 0.3) is 11.4 Å². The third-order valence-electron chi connectivity index (χ3n) is 3.89. The standard InChI is InChI=1S/C21H23N3O4/c1-14(2)27-16-10-8-15(9-11-16)22-19(25)12-13-20-23-21(24-28-20)17-6-4-5-7-18(17)26-3/h4-11,14H,12-13H2,1-3H3,(H,22,25). The highest BCUT2D eigenvalue weighted by Crippen LogP contribution is 2.27. The molecule has 0 bridgehead atoms. The maximum Gasteiger partial charge on any atom is 0.227 e. The molecule has 0 aliphatic rings. The summed E-state index contributed by atoms with van der Waals surface area (Å²) in [6.07, 6.45) is 0.691. The van der Waals surface area contributed by atoms with Gasteiger partial charge in [0.05, 0.1) is 18.8 Å². The van der Waals surface area contributed by atoms with Gasteiger partial charge in [0.1, 0.15) is 11.5 Å². The van der Waals surface area contributed by atoms with Crippen LogP contribution in [0, 0.1) is 0 Å². The Morgan fingerprint density at radius 1 is 1.14 bits per heavy atom. The molecule has 0 saturated heterocycles. The zero-order chi connectivity index (χ0) is 19.9. The number of nitrogens with one attached hydrogen (secondary N) is 1. The Hall–Kier alpha value is -3.35. The number of nitrogens with zero attached hydrogens (tertiary/aromatic N) is 2. The first kappa shape index (κ1) is 19.4. The third-order valence-corrected chi connectivity index (χ3v) is 3.89. The quantitative estimate of drug-likeness (QED) is 0.632. The lowest BCUT2D eigenvalue weighted by atomic mass is 10.2. The fourth-order valence-electron chi connectivity index (χ4n) is 2.63. The second-order valence-corrected chi connectivity index (χ2v) is 6.45. The van der Waals surface area contributed by atoms with Gasteiger partial charge in [-0.2, -0.15) is 4.98 Å². The number of benzene rings is 2. The van der Waals surface area contributed by atoms with Crippen molar-refractivity contribution in [2.75, 3.05) is 12.4 Å². The molecule has 0 atom stereocenters. The minimum absolute atomic E-state index is 0.107. The van der Waals surface area contributed by atoms with Crippen LogP contribution in [0.5, 0.6) is 11.5 Å². The molecule has 3 aromatic rings. The molecular weight excluding hydrogens is 358 g/mol. The zero-order valence-electron chi connectivity index (χ0n) is 16.1. The molecule has 7 heteroatoms. The van der Waals surface area contributed by atoms with Gasteiger partial charge in [0.25, 0.3) is 0 Å². The van der Waals surface area contributed by atoms with Gasteiger partial charge in [-0.05, 0) is 50.2 Å². The highest BCUT2D eigenvalue weighted by Gasteiger charge is 2.14. The van der Waals surface area contributed by atoms with E-state index < -0.39 is 0 Å². The SMILES string of the molecule is COc1ccccc1-c1noc(CCC(=O)Nc2ccc(OC(C)C)cc2)n1. The number of carbonyl (C=O) groups excluding carboxylic acids is 1. The topological polar surface area (TPSA) is 86.5 Å². The summed E-state index contributed by atoms with van der Waals surface area (Å²) in [6.45, 7) is 3.93. The lowest BCUT2D eigenvalue weighted by molar-refractivity contribution is -0.116. The Labute approximate surface area is 163 Å². The molecule has 0 fully saturated rings. The fraction of sp³-hybridized carbons (Fsp3) is 0.286. The van der Waals surface area contributed by atoms with Gasteiger partial charge in [0, 0.05) is 18.5 Å². The van der Waals surface area contributed by atoms with Crippen LogP contribution in [-0.4, -0.2) is 29.3 Å². The molecule has 1 heterocycles. The Morgan fingerprint density at radius 2 is 1.89 bits per heavy atom. The van der Waals surface area contributed by atoms with Crippen molar-refractivity contribution in [1.82, 2.24) is 10.1 Å². The summed E-state index contributed by atoms with van der Waals surface area (Å²) in [6, 6.07) is 14.7. The van der Waals surface area contributed by atoms with Gasteiger partial charge in [0.2, 0.25) is 17.6 Å². The van der Waals surface area contributed by atoms with Gasteiger partial charge in [-0.15, -0.1) is 0 Å². The number of methoxy groups -OCH3 is 1. The van der Waals surface area contributed by atoms with Crippen molar-refractivity contribution in [1.29, 1.82) is 0 Å². The van der Waals surface area contributed by atoms with Crippen LogP contribution >= 0.6 is 0 Å². The summed E-state index contributed by atoms with van der Waals surface area (Å²) in [5, 5.41) is 6.82. The number of aryl methyl sites for hydroxylation is 1. The average Bonchev–Trinajstić information content (AvgIpc) is 3.16. The molecule has 0 spiro atoms. The lowest BCUT2D eigenvalue weighted by Crippen LogP contribution is -2.12. The Kier molecular flexibility index (Phi) is 6.26. The van der Waals surface area contributed by atoms with Crippen molar-refractivity contribution in [3.8, 4) is 22.9 Å². The normalized spacial score (nSPS) is 10.7. The van der Waals surface area contributed by atoms with Crippen LogP contribution < -0.4 is 14.8 Å². The van der Waals surface area contributed by atoms with Crippen molar-refractivity contribution in [3.05, 3.63) is 54.4 Å². The van der Waals surface area contributed by atoms with Crippen LogP contribution in [-0.2, 0) is 11.2 Å². The van der Waals surface area contributed by atoms with E-state index in [4.69, 9.17) is 14.0 Å². The highest BCUT2D eigenvalue weighted by molar-refractivity contribution is 5.90. The average molecular weight is 381 g/mol. The van der Waals surface area contributed by atoms with Gasteiger partial charge in [-0.3, -0.25) is 4.79 Å². The molecule has 146 valence electrons. The van der Waals surface area contributed by atoms with Crippen molar-refractivity contribution in [2.45, 2.75) is 32.8 Å². The Bertz CT molecular complexity index is 919. The molecule has 7 nitrogen and oxygen atoms in total. The number of amides is 1. The largest absolute Gasteiger partial charge is 0.496 e. The maximum absolute atomic E-state index is 12.2. The molecule has 1 aromatic heterocycles. The second kappa shape index (κ2) is 9.03. The van der Waals surface area contributed by atoms with Crippen LogP contribution in [0.2, 0.25) is 0 Å². The summed E-state index contributed by atoms with van der Waals surface area (Å²) in [5.41, 5.74) is 1.45. The van der Waals surface area contributed by atoms with Crippen molar-refractivity contribution in [3.63, 3.8) is 0 Å². The molecular formula is C21H23N3O4. The van der Waals surface area contributed by atoms with E-state index in [0.717, 1.165) is 11.3 Å². The summed E-state index contributed by atoms with van der Waals surface area (Å²) in [5.74, 6) is 2.14. The summed E-state index contributed by atoms with van der Waals surface area (Å²) in [4.78, 5) is 16.5. The fourth-order valence-corrected chi connectivity index (χ4v) is 2.63. The number of rotatable bonds is 8. The van der Waals surface area contributed by atoms with E-state index in [-0.39, 0.29) is 18.4 Å². The van der Waals surface area contributed by atoms with E-state index in [1.54, 1.807) is 7.11 Å². The number of hydrogen-bond donors (Lipinski definition) is 1. The van der Waals surface area contributed by atoms with E-state index in [1.165, 1.54) is 0 Å². The molecule has 1 N–H and O–H groups in total. The zero-order valence-corrected chi connectivity index (χ0v) is 16.1. The first-order valence-corrected chi connectivity index (χ1v) is 9.07. The van der Waals surface area contributed by atoms with E-state index in [9.17, 15) is 4.79 Å². The molecule has 0 aliphatic carbocycles. The number of anilines is 1. The van der Waals surface area contributed by atoms with E-state index in [1.807, 2.05) is 62.4 Å². The maximum atomic E-state index is 12.2. The van der Waals surface area contributed by atoms with Gasteiger partial charge < -0.3 is 19.3 Å². The Morgan fingerprint density at radius 3 is 2.61 bits per heavy atom. The molecule has 2 aromatic carbocycles. The van der Waals surface area contributed by atoms with Gasteiger partial charge in [0.15, 0.2) is 0 Å². The number of hydrogen-bond acceptors (Lipinski definition) is 6. The van der Waals surface area contributed by atoms with E-state index in [0.29, 0.717) is 29.6 Å². The Balaban J connectivity index is 1.54. The van der Waals surface area contributed by atoms with Crippen LogP contribution in [0.15, 0.2) is 53.1 Å². The molecule has 0 saturated carbocycles. The molecule has 0 aliphatic heterocycles. The van der Waals surface area contributed by atoms with Crippen molar-refractivity contribution in [2.24, 2.45) is 0 Å². The lowest BCUT2D eigenvalue weighted by Gasteiger charge is -2.10. The van der Waals surface area contributed by atoms with Crippen molar-refractivity contribution < 1.29 is 18.8 Å². The van der Waals surface area contributed by atoms with E-state index in [2.05, 4.69) is 15.5 Å². The summed E-state index contributed by atoms with van der Waals surface area (Å²) >= 11 is 0. The van der Waals surface area contributed by atoms with Gasteiger partial charge in [-0.1, -0.05) is 17.3 Å². The molecule has 28 heavy (non-hydrogen) atoms. The second-order valence-electron chi connectivity index (χ2n) is 6.45. The predicted molar refractivity (Wildman–Crippen MR) is 105 cm³/mol. The molecule has 3 rings (SSSR count). The smallest absolute Gasteiger partial charge is 0.227 e. The minimum atomic E-state index is -0.130. The van der Waals surface area contributed by atoms with Gasteiger partial charge >= 0.3 is 0 Å². The molecule has 1 amide bonds. The summed E-state index contributed by atoms with van der Waals surface area (Å²) < 4.78 is 16.2. The van der Waals surface area contributed by atoms with Crippen LogP contribution in [0.1, 0.15) is 26.2 Å². The number of ether oxygens (including phenoxy) is 2. The molecule has 0 unspecified atom stereocenters. The minimum Gasteiger partial charge on any atom is -0.496 e. The van der Waals surface area contributed by atoms with Gasteiger partial charge in [-0.25, -0.2) is 0 Å². The first-order chi connectivity index (χ1) is 13.5. The monoisotopic (exact) mass is 381 g/mol. The molecule has 0 radical (unpaired) electrons. The highest BCUT2D eigenvalue weighted by atomic mass is 16.5. The number of carbonyl (C=O) groups is 1. The first-order valence-electron chi connectivity index (χ1n) is 9.07. The van der Waals surface area contributed by atoms with Crippen molar-refractivity contribution >= 4 is 11.6 Å². The third kappa shape index (κ3) is 5.09. The number of aromatic nitrogens is 2. The van der Waals surface area contributed by atoms with Crippen LogP contribution in [0.4, 0.5) is 5.69 Å². The summed E-state index contributed by atoms with van der Waals surface area (Å²) in [7, 11) is 1.59.